The number of halogens is 1. The van der Waals surface area contributed by atoms with Crippen molar-refractivity contribution in [3.8, 4) is 0 Å². The van der Waals surface area contributed by atoms with Crippen LogP contribution in [0.4, 0.5) is 4.39 Å². The summed E-state index contributed by atoms with van der Waals surface area (Å²) in [5.74, 6) is -2.62. The van der Waals surface area contributed by atoms with E-state index in [1.54, 1.807) is 0 Å². The lowest BCUT2D eigenvalue weighted by atomic mass is 9.92. The van der Waals surface area contributed by atoms with E-state index >= 15 is 0 Å². The third kappa shape index (κ3) is 1.58. The first-order valence-corrected chi connectivity index (χ1v) is 3.44. The van der Waals surface area contributed by atoms with Gasteiger partial charge in [-0.15, -0.1) is 0 Å². The fraction of sp³-hybridized carbons (Fsp3) is 0.429. The minimum Gasteiger partial charge on any atom is -0.478 e. The molecule has 0 saturated heterocycles. The zero-order valence-electron chi connectivity index (χ0n) is 6.35. The molecule has 0 saturated carbocycles. The molecule has 3 N–H and O–H groups in total. The van der Waals surface area contributed by atoms with Crippen molar-refractivity contribution in [3.05, 3.63) is 11.6 Å². The molecule has 5 nitrogen and oxygen atoms in total. The first-order chi connectivity index (χ1) is 5.95. The molecule has 1 aliphatic rings. The van der Waals surface area contributed by atoms with Crippen molar-refractivity contribution >= 4 is 11.8 Å². The van der Waals surface area contributed by atoms with E-state index < -0.39 is 35.7 Å². The van der Waals surface area contributed by atoms with Crippen molar-refractivity contribution in [2.75, 3.05) is 0 Å². The maximum atomic E-state index is 12.9. The molecule has 0 fully saturated rings. The molecule has 0 aromatic heterocycles. The highest BCUT2D eigenvalue weighted by Crippen LogP contribution is 2.20. The van der Waals surface area contributed by atoms with Gasteiger partial charge in [-0.2, -0.15) is 0 Å². The summed E-state index contributed by atoms with van der Waals surface area (Å²) in [5, 5.41) is 26.1. The minimum absolute atomic E-state index is 0.490. The Morgan fingerprint density at radius 2 is 2.00 bits per heavy atom. The zero-order valence-corrected chi connectivity index (χ0v) is 6.35. The van der Waals surface area contributed by atoms with Gasteiger partial charge < -0.3 is 15.3 Å². The van der Waals surface area contributed by atoms with Crippen LogP contribution in [0.3, 0.4) is 0 Å². The van der Waals surface area contributed by atoms with Gasteiger partial charge in [-0.25, -0.2) is 9.18 Å². The summed E-state index contributed by atoms with van der Waals surface area (Å²) in [5.41, 5.74) is -0.831. The lowest BCUT2D eigenvalue weighted by Gasteiger charge is -2.24. The van der Waals surface area contributed by atoms with E-state index in [1.807, 2.05) is 0 Å². The second-order valence-electron chi connectivity index (χ2n) is 2.64. The van der Waals surface area contributed by atoms with Crippen LogP contribution in [0, 0.1) is 0 Å². The summed E-state index contributed by atoms with van der Waals surface area (Å²) < 4.78 is 12.9. The lowest BCUT2D eigenvalue weighted by molar-refractivity contribution is -0.139. The van der Waals surface area contributed by atoms with Crippen LogP contribution in [-0.4, -0.2) is 45.5 Å². The van der Waals surface area contributed by atoms with Crippen LogP contribution in [0.15, 0.2) is 11.6 Å². The molecule has 13 heavy (non-hydrogen) atoms. The Balaban J connectivity index is 3.04. The molecule has 0 aliphatic heterocycles. The van der Waals surface area contributed by atoms with Gasteiger partial charge in [-0.1, -0.05) is 0 Å². The third-order valence-corrected chi connectivity index (χ3v) is 1.76. The number of hydrogen-bond donors (Lipinski definition) is 3. The Morgan fingerprint density at radius 3 is 2.46 bits per heavy atom. The molecule has 0 aromatic rings. The molecular formula is C7H7FO5. The second kappa shape index (κ2) is 3.23. The fourth-order valence-electron chi connectivity index (χ4n) is 1.01. The lowest BCUT2D eigenvalue weighted by Crippen LogP contribution is -2.45. The Hall–Kier alpha value is -1.27. The summed E-state index contributed by atoms with van der Waals surface area (Å²) in [7, 11) is 0. The average Bonchev–Trinajstić information content (AvgIpc) is 2.07. The van der Waals surface area contributed by atoms with Gasteiger partial charge in [0, 0.05) is 0 Å². The van der Waals surface area contributed by atoms with Crippen molar-refractivity contribution in [2.45, 2.75) is 18.4 Å². The molecule has 72 valence electrons. The number of aliphatic hydroxyl groups excluding tert-OH is 2. The monoisotopic (exact) mass is 190 g/mol. The molecule has 6 heteroatoms. The summed E-state index contributed by atoms with van der Waals surface area (Å²) in [6, 6.07) is 0. The summed E-state index contributed by atoms with van der Waals surface area (Å²) in [4.78, 5) is 21.1. The van der Waals surface area contributed by atoms with Crippen molar-refractivity contribution in [1.29, 1.82) is 0 Å². The number of hydrogen-bond acceptors (Lipinski definition) is 4. The first-order valence-electron chi connectivity index (χ1n) is 3.44. The van der Waals surface area contributed by atoms with E-state index in [0.717, 1.165) is 0 Å². The van der Waals surface area contributed by atoms with Crippen molar-refractivity contribution in [2.24, 2.45) is 0 Å². The topological polar surface area (TPSA) is 94.8 Å². The van der Waals surface area contributed by atoms with Gasteiger partial charge in [0.2, 0.25) is 0 Å². The first kappa shape index (κ1) is 9.82. The van der Waals surface area contributed by atoms with E-state index in [0.29, 0.717) is 6.08 Å². The molecule has 0 bridgehead atoms. The fourth-order valence-corrected chi connectivity index (χ4v) is 1.01. The van der Waals surface area contributed by atoms with E-state index in [-0.39, 0.29) is 0 Å². The molecule has 0 heterocycles. The average molecular weight is 190 g/mol. The number of rotatable bonds is 1. The van der Waals surface area contributed by atoms with Gasteiger partial charge >= 0.3 is 5.97 Å². The number of aliphatic hydroxyl groups is 2. The number of ketones is 1. The molecule has 1 aliphatic carbocycles. The number of alkyl halides is 1. The van der Waals surface area contributed by atoms with E-state index in [4.69, 9.17) is 15.3 Å². The van der Waals surface area contributed by atoms with Crippen LogP contribution in [0.2, 0.25) is 0 Å². The van der Waals surface area contributed by atoms with Gasteiger partial charge in [0.15, 0.2) is 12.0 Å². The SMILES string of the molecule is O=C(O)C1=CC(=O)[C@@H](O)[C@H](O)[C@@H]1F. The van der Waals surface area contributed by atoms with Crippen LogP contribution in [0.5, 0.6) is 0 Å². The Kier molecular flexibility index (Phi) is 2.44. The maximum absolute atomic E-state index is 12.9. The van der Waals surface area contributed by atoms with Gasteiger partial charge in [0.25, 0.3) is 0 Å². The van der Waals surface area contributed by atoms with Gasteiger partial charge in [-0.05, 0) is 6.08 Å². The highest BCUT2D eigenvalue weighted by atomic mass is 19.1. The Morgan fingerprint density at radius 1 is 1.46 bits per heavy atom. The van der Waals surface area contributed by atoms with E-state index in [9.17, 15) is 14.0 Å². The molecule has 0 aromatic carbocycles. The summed E-state index contributed by atoms with van der Waals surface area (Å²) in [6.45, 7) is 0. The zero-order chi connectivity index (χ0) is 10.2. The van der Waals surface area contributed by atoms with Crippen LogP contribution >= 0.6 is 0 Å². The largest absolute Gasteiger partial charge is 0.478 e. The minimum atomic E-state index is -2.23. The number of aliphatic carboxylic acids is 1. The number of carbonyl (C=O) groups is 2. The standard InChI is InChI=1S/C7H7FO5/c8-4-2(7(12)13)1-3(9)5(10)6(4)11/h1,4-6,10-11H,(H,12,13)/t4-,5-,6-/m1/s1. The van der Waals surface area contributed by atoms with Gasteiger partial charge in [0.05, 0.1) is 5.57 Å². The Labute approximate surface area is 72.1 Å². The number of carboxylic acid groups (broad SMARTS) is 1. The third-order valence-electron chi connectivity index (χ3n) is 1.76. The van der Waals surface area contributed by atoms with Crippen LogP contribution in [0.25, 0.3) is 0 Å². The van der Waals surface area contributed by atoms with Crippen LogP contribution < -0.4 is 0 Å². The number of carbonyl (C=O) groups excluding carboxylic acids is 1. The van der Waals surface area contributed by atoms with Gasteiger partial charge in [-0.3, -0.25) is 4.79 Å². The van der Waals surface area contributed by atoms with Crippen LogP contribution in [-0.2, 0) is 9.59 Å². The summed E-state index contributed by atoms with van der Waals surface area (Å²) in [6.07, 6.45) is -5.61. The summed E-state index contributed by atoms with van der Waals surface area (Å²) >= 11 is 0. The molecular weight excluding hydrogens is 183 g/mol. The van der Waals surface area contributed by atoms with Crippen LogP contribution in [0.1, 0.15) is 0 Å². The highest BCUT2D eigenvalue weighted by Gasteiger charge is 2.40. The molecule has 0 amide bonds. The highest BCUT2D eigenvalue weighted by molar-refractivity contribution is 6.03. The molecule has 0 radical (unpaired) electrons. The van der Waals surface area contributed by atoms with Crippen molar-refractivity contribution in [3.63, 3.8) is 0 Å². The molecule has 3 atom stereocenters. The number of carboxylic acids is 1. The quantitative estimate of drug-likeness (QED) is 0.474. The Bertz CT molecular complexity index is 285. The second-order valence-corrected chi connectivity index (χ2v) is 2.64. The van der Waals surface area contributed by atoms with Crippen molar-refractivity contribution in [1.82, 2.24) is 0 Å². The molecule has 0 unspecified atom stereocenters. The van der Waals surface area contributed by atoms with Gasteiger partial charge in [0.1, 0.15) is 12.2 Å². The predicted octanol–water partition coefficient (Wildman–Crippen LogP) is -1.36. The maximum Gasteiger partial charge on any atom is 0.334 e. The van der Waals surface area contributed by atoms with E-state index in [2.05, 4.69) is 0 Å². The van der Waals surface area contributed by atoms with Crippen molar-refractivity contribution < 1.29 is 29.3 Å². The predicted molar refractivity (Wildman–Crippen MR) is 37.6 cm³/mol. The normalized spacial score (nSPS) is 34.2. The molecule has 0 spiro atoms. The molecule has 1 rings (SSSR count). The van der Waals surface area contributed by atoms with E-state index in [1.165, 1.54) is 0 Å². The smallest absolute Gasteiger partial charge is 0.334 e.